The molecule has 2 fully saturated rings. The van der Waals surface area contributed by atoms with Crippen molar-refractivity contribution in [3.63, 3.8) is 0 Å². The SMILES string of the molecule is Cn1ncc2cc(C(N)=O)c(OC3CC4(C3)CC(N3N=C(c5ccc(C(F)(F)F)cc5)SC3C(N)=O)C4)nc21. The fourth-order valence-corrected chi connectivity index (χ4v) is 6.73. The molecule has 1 unspecified atom stereocenters. The third-order valence-corrected chi connectivity index (χ3v) is 8.83. The molecule has 4 N–H and O–H groups in total. The number of hydrogen-bond donors (Lipinski definition) is 2. The van der Waals surface area contributed by atoms with Gasteiger partial charge in [-0.1, -0.05) is 23.9 Å². The number of primary amides is 2. The Labute approximate surface area is 224 Å². The molecule has 2 saturated carbocycles. The van der Waals surface area contributed by atoms with E-state index in [4.69, 9.17) is 16.2 Å². The molecule has 3 aliphatic rings. The zero-order valence-electron chi connectivity index (χ0n) is 20.7. The highest BCUT2D eigenvalue weighted by molar-refractivity contribution is 8.15. The maximum atomic E-state index is 12.9. The number of carbonyl (C=O) groups excluding carboxylic acids is 2. The van der Waals surface area contributed by atoms with Crippen molar-refractivity contribution in [2.75, 3.05) is 0 Å². The lowest BCUT2D eigenvalue weighted by molar-refractivity contribution is -0.137. The van der Waals surface area contributed by atoms with Crippen LogP contribution < -0.4 is 16.2 Å². The summed E-state index contributed by atoms with van der Waals surface area (Å²) >= 11 is 1.14. The summed E-state index contributed by atoms with van der Waals surface area (Å²) in [4.78, 5) is 28.6. The molecule has 3 heterocycles. The fraction of sp³-hybridized carbons (Fsp3) is 0.400. The van der Waals surface area contributed by atoms with Gasteiger partial charge in [-0.3, -0.25) is 19.3 Å². The number of nitrogens with two attached hydrogens (primary N) is 2. The van der Waals surface area contributed by atoms with Crippen LogP contribution in [0.4, 0.5) is 13.2 Å². The Morgan fingerprint density at radius 3 is 2.44 bits per heavy atom. The fourth-order valence-electron chi connectivity index (χ4n) is 5.66. The van der Waals surface area contributed by atoms with Gasteiger partial charge in [0, 0.05) is 18.0 Å². The third kappa shape index (κ3) is 4.45. The predicted molar refractivity (Wildman–Crippen MR) is 137 cm³/mol. The first-order valence-corrected chi connectivity index (χ1v) is 13.1. The molecule has 204 valence electrons. The topological polar surface area (TPSA) is 142 Å². The van der Waals surface area contributed by atoms with Crippen LogP contribution in [0.15, 0.2) is 41.6 Å². The summed E-state index contributed by atoms with van der Waals surface area (Å²) in [6.07, 6.45) is 0.0314. The molecule has 1 spiro atoms. The predicted octanol–water partition coefficient (Wildman–Crippen LogP) is 3.00. The number of amides is 2. The number of alkyl halides is 3. The molecule has 2 amide bonds. The normalized spacial score (nSPS) is 26.3. The molecule has 6 rings (SSSR count). The molecule has 2 aliphatic carbocycles. The van der Waals surface area contributed by atoms with Gasteiger partial charge in [0.15, 0.2) is 11.0 Å². The summed E-state index contributed by atoms with van der Waals surface area (Å²) in [5.74, 6) is -1.01. The zero-order valence-corrected chi connectivity index (χ0v) is 21.5. The Kier molecular flexibility index (Phi) is 5.79. The number of aromatic nitrogens is 3. The Morgan fingerprint density at radius 2 is 1.82 bits per heavy atom. The van der Waals surface area contributed by atoms with Gasteiger partial charge in [-0.05, 0) is 49.3 Å². The van der Waals surface area contributed by atoms with Gasteiger partial charge in [-0.2, -0.15) is 28.4 Å². The van der Waals surface area contributed by atoms with Crippen molar-refractivity contribution in [3.8, 4) is 5.88 Å². The van der Waals surface area contributed by atoms with Gasteiger partial charge >= 0.3 is 6.18 Å². The molecular formula is C25H24F3N7O3S. The van der Waals surface area contributed by atoms with Crippen molar-refractivity contribution in [2.45, 2.75) is 49.4 Å². The number of benzene rings is 1. The molecule has 3 aromatic rings. The number of aryl methyl sites for hydroxylation is 1. The number of thioether (sulfide) groups is 1. The molecule has 0 saturated heterocycles. The van der Waals surface area contributed by atoms with Crippen LogP contribution in [0, 0.1) is 5.41 Å². The Hall–Kier alpha value is -3.81. The molecular weight excluding hydrogens is 535 g/mol. The first-order valence-electron chi connectivity index (χ1n) is 12.2. The molecule has 0 bridgehead atoms. The van der Waals surface area contributed by atoms with Crippen LogP contribution in [0.2, 0.25) is 0 Å². The second-order valence-electron chi connectivity index (χ2n) is 10.3. The van der Waals surface area contributed by atoms with Crippen LogP contribution in [0.25, 0.3) is 11.0 Å². The average molecular weight is 560 g/mol. The first-order chi connectivity index (χ1) is 18.4. The van der Waals surface area contributed by atoms with E-state index in [1.807, 2.05) is 0 Å². The van der Waals surface area contributed by atoms with E-state index >= 15 is 0 Å². The average Bonchev–Trinajstić information content (AvgIpc) is 3.43. The van der Waals surface area contributed by atoms with Crippen molar-refractivity contribution in [1.82, 2.24) is 19.8 Å². The minimum atomic E-state index is -4.43. The van der Waals surface area contributed by atoms with Crippen LogP contribution >= 0.6 is 11.8 Å². The second-order valence-corrected chi connectivity index (χ2v) is 11.4. The quantitative estimate of drug-likeness (QED) is 0.473. The largest absolute Gasteiger partial charge is 0.474 e. The standard InChI is InChI=1S/C25H24F3N7O3S/c1-34-20-13(11-31-34)6-17(18(29)36)21(32-20)38-16-9-24(10-16)7-15(8-24)35-23(19(30)37)39-22(33-35)12-2-4-14(5-3-12)25(26,27)28/h2-6,11,15-16,23H,7-10H2,1H3,(H2,29,36)(H2,30,37). The van der Waals surface area contributed by atoms with Crippen LogP contribution in [-0.2, 0) is 18.0 Å². The maximum Gasteiger partial charge on any atom is 0.416 e. The number of ether oxygens (including phenoxy) is 1. The molecule has 1 aromatic carbocycles. The number of halogens is 3. The van der Waals surface area contributed by atoms with E-state index in [-0.39, 0.29) is 29.0 Å². The number of rotatable bonds is 6. The minimum Gasteiger partial charge on any atom is -0.474 e. The number of hydrazone groups is 1. The van der Waals surface area contributed by atoms with Crippen LogP contribution in [0.1, 0.15) is 47.2 Å². The van der Waals surface area contributed by atoms with E-state index in [0.29, 0.717) is 21.6 Å². The molecule has 0 radical (unpaired) electrons. The number of hydrogen-bond acceptors (Lipinski definition) is 8. The van der Waals surface area contributed by atoms with Gasteiger partial charge in [0.1, 0.15) is 16.7 Å². The first kappa shape index (κ1) is 25.5. The van der Waals surface area contributed by atoms with Crippen LogP contribution in [0.3, 0.4) is 0 Å². The number of pyridine rings is 1. The van der Waals surface area contributed by atoms with Gasteiger partial charge in [-0.25, -0.2) is 0 Å². The van der Waals surface area contributed by atoms with E-state index in [1.165, 1.54) is 12.1 Å². The van der Waals surface area contributed by atoms with Crippen molar-refractivity contribution < 1.29 is 27.5 Å². The maximum absolute atomic E-state index is 12.9. The summed E-state index contributed by atoms with van der Waals surface area (Å²) in [7, 11) is 1.75. The molecule has 2 aromatic heterocycles. The number of carbonyl (C=O) groups is 2. The Morgan fingerprint density at radius 1 is 1.13 bits per heavy atom. The Balaban J connectivity index is 1.12. The monoisotopic (exact) mass is 559 g/mol. The van der Waals surface area contributed by atoms with E-state index < -0.39 is 28.9 Å². The second kappa shape index (κ2) is 8.86. The summed E-state index contributed by atoms with van der Waals surface area (Å²) in [6.45, 7) is 0. The number of nitrogens with zero attached hydrogens (tertiary/aromatic N) is 5. The smallest absolute Gasteiger partial charge is 0.416 e. The summed E-state index contributed by atoms with van der Waals surface area (Å²) in [5.41, 5.74) is 11.7. The van der Waals surface area contributed by atoms with Gasteiger partial charge in [-0.15, -0.1) is 0 Å². The molecule has 14 heteroatoms. The highest BCUT2D eigenvalue weighted by atomic mass is 32.2. The van der Waals surface area contributed by atoms with Gasteiger partial charge < -0.3 is 16.2 Å². The van der Waals surface area contributed by atoms with Crippen molar-refractivity contribution >= 4 is 39.7 Å². The highest BCUT2D eigenvalue weighted by Gasteiger charge is 2.57. The van der Waals surface area contributed by atoms with E-state index in [0.717, 1.165) is 49.6 Å². The van der Waals surface area contributed by atoms with Crippen LogP contribution in [-0.4, -0.2) is 54.2 Å². The van der Waals surface area contributed by atoms with Gasteiger partial charge in [0.2, 0.25) is 5.88 Å². The highest BCUT2D eigenvalue weighted by Crippen LogP contribution is 2.59. The van der Waals surface area contributed by atoms with E-state index in [1.54, 1.807) is 29.0 Å². The third-order valence-electron chi connectivity index (χ3n) is 7.62. The van der Waals surface area contributed by atoms with E-state index in [2.05, 4.69) is 15.2 Å². The van der Waals surface area contributed by atoms with E-state index in [9.17, 15) is 22.8 Å². The number of fused-ring (bicyclic) bond motifs is 1. The summed E-state index contributed by atoms with van der Waals surface area (Å²) in [5, 5.41) is 10.8. The van der Waals surface area contributed by atoms with Crippen molar-refractivity contribution in [3.05, 3.63) is 53.2 Å². The molecule has 1 atom stereocenters. The zero-order chi connectivity index (χ0) is 27.7. The summed E-state index contributed by atoms with van der Waals surface area (Å²) < 4.78 is 46.5. The van der Waals surface area contributed by atoms with Gasteiger partial charge in [0.05, 0.1) is 17.8 Å². The lowest BCUT2D eigenvalue weighted by Gasteiger charge is -2.58. The lowest BCUT2D eigenvalue weighted by Crippen LogP contribution is -2.59. The van der Waals surface area contributed by atoms with Crippen LogP contribution in [0.5, 0.6) is 5.88 Å². The summed E-state index contributed by atoms with van der Waals surface area (Å²) in [6, 6.07) is 6.29. The van der Waals surface area contributed by atoms with Crippen molar-refractivity contribution in [1.29, 1.82) is 0 Å². The molecule has 39 heavy (non-hydrogen) atoms. The lowest BCUT2D eigenvalue weighted by atomic mass is 9.52. The minimum absolute atomic E-state index is 0.0122. The van der Waals surface area contributed by atoms with Gasteiger partial charge in [0.25, 0.3) is 11.8 Å². The molecule has 1 aliphatic heterocycles. The molecule has 10 nitrogen and oxygen atoms in total. The van der Waals surface area contributed by atoms with Crippen molar-refractivity contribution in [2.24, 2.45) is 29.0 Å². The Bertz CT molecular complexity index is 1510.